The molecule has 0 saturated carbocycles. The number of hydrogen-bond acceptors (Lipinski definition) is 4. The van der Waals surface area contributed by atoms with Crippen LogP contribution in [0.2, 0.25) is 0 Å². The summed E-state index contributed by atoms with van der Waals surface area (Å²) in [5.41, 5.74) is 1.81. The summed E-state index contributed by atoms with van der Waals surface area (Å²) in [6.07, 6.45) is 2.98. The number of rotatable bonds is 7. The summed E-state index contributed by atoms with van der Waals surface area (Å²) in [5.74, 6) is 0.753. The van der Waals surface area contributed by atoms with E-state index in [9.17, 15) is 4.79 Å². The van der Waals surface area contributed by atoms with Crippen LogP contribution in [0.5, 0.6) is 5.88 Å². The Morgan fingerprint density at radius 3 is 2.31 bits per heavy atom. The highest BCUT2D eigenvalue weighted by Gasteiger charge is 2.24. The summed E-state index contributed by atoms with van der Waals surface area (Å²) in [4.78, 5) is 16.7. The number of carbonyl (C=O) groups is 1. The van der Waals surface area contributed by atoms with Gasteiger partial charge in [-0.15, -0.1) is 0 Å². The summed E-state index contributed by atoms with van der Waals surface area (Å²) in [6.45, 7) is 7.86. The summed E-state index contributed by atoms with van der Waals surface area (Å²) in [6, 6.07) is 14.2. The molecule has 2 rings (SSSR count). The number of esters is 1. The van der Waals surface area contributed by atoms with E-state index in [1.54, 1.807) is 13.3 Å². The molecule has 2 atom stereocenters. The molecule has 140 valence electrons. The van der Waals surface area contributed by atoms with E-state index >= 15 is 0 Å². The van der Waals surface area contributed by atoms with Crippen LogP contribution >= 0.6 is 0 Å². The van der Waals surface area contributed by atoms with Gasteiger partial charge in [0.2, 0.25) is 5.88 Å². The van der Waals surface area contributed by atoms with Crippen LogP contribution in [0.15, 0.2) is 48.7 Å². The van der Waals surface area contributed by atoms with Crippen molar-refractivity contribution in [2.24, 2.45) is 0 Å². The molecule has 0 aliphatic rings. The van der Waals surface area contributed by atoms with Crippen molar-refractivity contribution in [1.82, 2.24) is 4.98 Å². The molecule has 0 spiro atoms. The highest BCUT2D eigenvalue weighted by molar-refractivity contribution is 5.71. The van der Waals surface area contributed by atoms with Crippen molar-refractivity contribution in [1.29, 1.82) is 0 Å². The number of aromatic nitrogens is 1. The maximum Gasteiger partial charge on any atom is 0.306 e. The Morgan fingerprint density at radius 1 is 1.08 bits per heavy atom. The molecule has 4 heteroatoms. The topological polar surface area (TPSA) is 48.4 Å². The molecule has 1 heterocycles. The number of carbonyl (C=O) groups excluding carboxylic acids is 1. The number of benzene rings is 1. The van der Waals surface area contributed by atoms with E-state index in [1.807, 2.05) is 51.1 Å². The summed E-state index contributed by atoms with van der Waals surface area (Å²) < 4.78 is 10.7. The summed E-state index contributed by atoms with van der Waals surface area (Å²) in [5, 5.41) is 0. The maximum absolute atomic E-state index is 12.4. The van der Waals surface area contributed by atoms with Gasteiger partial charge in [0.05, 0.1) is 13.5 Å². The molecule has 0 radical (unpaired) electrons. The second-order valence-corrected chi connectivity index (χ2v) is 7.67. The van der Waals surface area contributed by atoms with E-state index in [0.29, 0.717) is 18.2 Å². The first-order valence-corrected chi connectivity index (χ1v) is 9.05. The molecule has 1 aromatic carbocycles. The van der Waals surface area contributed by atoms with Crippen LogP contribution in [-0.2, 0) is 9.53 Å². The van der Waals surface area contributed by atoms with E-state index in [4.69, 9.17) is 9.47 Å². The fourth-order valence-corrected chi connectivity index (χ4v) is 3.02. The molecule has 0 N–H and O–H groups in total. The Morgan fingerprint density at radius 2 is 1.77 bits per heavy atom. The molecule has 0 saturated heterocycles. The van der Waals surface area contributed by atoms with E-state index in [1.165, 1.54) is 5.56 Å². The molecule has 0 aliphatic carbocycles. The van der Waals surface area contributed by atoms with Crippen molar-refractivity contribution in [2.75, 3.05) is 7.11 Å². The van der Waals surface area contributed by atoms with Crippen LogP contribution < -0.4 is 4.74 Å². The normalized spacial score (nSPS) is 13.7. The molecule has 0 aliphatic heterocycles. The van der Waals surface area contributed by atoms with Crippen LogP contribution in [0.1, 0.15) is 63.5 Å². The molecule has 1 aromatic heterocycles. The first-order valence-electron chi connectivity index (χ1n) is 9.05. The van der Waals surface area contributed by atoms with Crippen LogP contribution in [-0.4, -0.2) is 23.7 Å². The van der Waals surface area contributed by atoms with E-state index in [2.05, 4.69) is 24.0 Å². The summed E-state index contributed by atoms with van der Waals surface area (Å²) >= 11 is 0. The number of ether oxygens (including phenoxy) is 2. The first-order chi connectivity index (χ1) is 12.3. The van der Waals surface area contributed by atoms with Gasteiger partial charge in [0.1, 0.15) is 5.60 Å². The van der Waals surface area contributed by atoms with Gasteiger partial charge in [0.15, 0.2) is 0 Å². The highest BCUT2D eigenvalue weighted by atomic mass is 16.6. The molecule has 0 bridgehead atoms. The molecule has 4 nitrogen and oxygen atoms in total. The molecular formula is C22H29NO3. The fourth-order valence-electron chi connectivity index (χ4n) is 3.02. The van der Waals surface area contributed by atoms with Gasteiger partial charge in [0, 0.05) is 12.3 Å². The zero-order valence-corrected chi connectivity index (χ0v) is 16.4. The lowest BCUT2D eigenvalue weighted by Crippen LogP contribution is -2.25. The molecular weight excluding hydrogens is 326 g/mol. The van der Waals surface area contributed by atoms with Gasteiger partial charge in [-0.25, -0.2) is 4.98 Å². The predicted octanol–water partition coefficient (Wildman–Crippen LogP) is 5.10. The van der Waals surface area contributed by atoms with Crippen molar-refractivity contribution in [3.63, 3.8) is 0 Å². The number of methoxy groups -OCH3 is 1. The molecule has 2 aromatic rings. The maximum atomic E-state index is 12.4. The molecule has 0 amide bonds. The van der Waals surface area contributed by atoms with Gasteiger partial charge >= 0.3 is 5.97 Å². The summed E-state index contributed by atoms with van der Waals surface area (Å²) in [7, 11) is 1.59. The van der Waals surface area contributed by atoms with Crippen LogP contribution in [0.4, 0.5) is 0 Å². The molecule has 0 fully saturated rings. The number of nitrogens with zero attached hydrogens (tertiary/aromatic N) is 1. The second-order valence-electron chi connectivity index (χ2n) is 7.67. The molecule has 0 unspecified atom stereocenters. The van der Waals surface area contributed by atoms with Crippen LogP contribution in [0.3, 0.4) is 0 Å². The van der Waals surface area contributed by atoms with Crippen molar-refractivity contribution in [3.05, 3.63) is 59.8 Å². The Labute approximate surface area is 156 Å². The average Bonchev–Trinajstić information content (AvgIpc) is 2.60. The smallest absolute Gasteiger partial charge is 0.306 e. The minimum Gasteiger partial charge on any atom is -0.481 e. The van der Waals surface area contributed by atoms with E-state index in [-0.39, 0.29) is 11.9 Å². The van der Waals surface area contributed by atoms with Crippen molar-refractivity contribution in [3.8, 4) is 5.88 Å². The quantitative estimate of drug-likeness (QED) is 0.648. The highest BCUT2D eigenvalue weighted by Crippen LogP contribution is 2.33. The Balaban J connectivity index is 2.18. The van der Waals surface area contributed by atoms with Crippen LogP contribution in [0, 0.1) is 0 Å². The Kier molecular flexibility index (Phi) is 6.78. The monoisotopic (exact) mass is 355 g/mol. The predicted molar refractivity (Wildman–Crippen MR) is 103 cm³/mol. The standard InChI is InChI=1S/C22H29NO3/c1-16(17-9-7-6-8-10-17)13-19(14-21(24)26-22(2,3)4)18-11-12-20(25-5)23-15-18/h6-12,15-16,19H,13-14H2,1-5H3/t16-,19-/m0/s1. The van der Waals surface area contributed by atoms with Gasteiger partial charge in [-0.3, -0.25) is 4.79 Å². The van der Waals surface area contributed by atoms with Gasteiger partial charge in [0.25, 0.3) is 0 Å². The van der Waals surface area contributed by atoms with Gasteiger partial charge in [-0.05, 0) is 50.2 Å². The second kappa shape index (κ2) is 8.84. The van der Waals surface area contributed by atoms with Gasteiger partial charge in [-0.1, -0.05) is 43.3 Å². The van der Waals surface area contributed by atoms with Crippen molar-refractivity contribution in [2.45, 2.75) is 58.0 Å². The van der Waals surface area contributed by atoms with Gasteiger partial charge in [-0.2, -0.15) is 0 Å². The third-order valence-corrected chi connectivity index (χ3v) is 4.28. The lowest BCUT2D eigenvalue weighted by Gasteiger charge is -2.24. The Bertz CT molecular complexity index is 690. The minimum atomic E-state index is -0.481. The zero-order chi connectivity index (χ0) is 19.2. The molecule has 26 heavy (non-hydrogen) atoms. The SMILES string of the molecule is COc1ccc([C@H](CC(=O)OC(C)(C)C)C[C@H](C)c2ccccc2)cn1. The number of hydrogen-bond donors (Lipinski definition) is 0. The van der Waals surface area contributed by atoms with E-state index < -0.39 is 5.60 Å². The lowest BCUT2D eigenvalue weighted by molar-refractivity contribution is -0.155. The van der Waals surface area contributed by atoms with E-state index in [0.717, 1.165) is 12.0 Å². The third-order valence-electron chi connectivity index (χ3n) is 4.28. The first kappa shape index (κ1) is 20.0. The Hall–Kier alpha value is -2.36. The van der Waals surface area contributed by atoms with Gasteiger partial charge < -0.3 is 9.47 Å². The fraction of sp³-hybridized carbons (Fsp3) is 0.455. The largest absolute Gasteiger partial charge is 0.481 e. The number of pyridine rings is 1. The lowest BCUT2D eigenvalue weighted by atomic mass is 9.85. The average molecular weight is 355 g/mol. The van der Waals surface area contributed by atoms with Crippen molar-refractivity contribution >= 4 is 5.97 Å². The minimum absolute atomic E-state index is 0.0402. The van der Waals surface area contributed by atoms with Crippen LogP contribution in [0.25, 0.3) is 0 Å². The van der Waals surface area contributed by atoms with Crippen molar-refractivity contribution < 1.29 is 14.3 Å². The zero-order valence-electron chi connectivity index (χ0n) is 16.4. The third kappa shape index (κ3) is 6.17.